The van der Waals surface area contributed by atoms with Crippen LogP contribution in [0.3, 0.4) is 0 Å². The topological polar surface area (TPSA) is 29.1 Å². The van der Waals surface area contributed by atoms with Gasteiger partial charge in [-0.2, -0.15) is 0 Å². The van der Waals surface area contributed by atoms with Gasteiger partial charge in [0.05, 0.1) is 0 Å². The van der Waals surface area contributed by atoms with Gasteiger partial charge < -0.3 is 5.32 Å². The van der Waals surface area contributed by atoms with Gasteiger partial charge >= 0.3 is 0 Å². The van der Waals surface area contributed by atoms with E-state index in [9.17, 15) is 13.6 Å². The predicted octanol–water partition coefficient (Wildman–Crippen LogP) is 2.91. The minimum atomic E-state index is -1.00. The Labute approximate surface area is 107 Å². The van der Waals surface area contributed by atoms with Crippen molar-refractivity contribution in [3.05, 3.63) is 35.4 Å². The molecule has 16 heavy (non-hydrogen) atoms. The van der Waals surface area contributed by atoms with Gasteiger partial charge in [0, 0.05) is 12.1 Å². The van der Waals surface area contributed by atoms with Gasteiger partial charge in [-0.1, -0.05) is 22.6 Å². The number of halogens is 3. The second-order valence-corrected chi connectivity index (χ2v) is 4.36. The third-order valence-corrected chi connectivity index (χ3v) is 2.79. The molecule has 2 nitrogen and oxygen atoms in total. The van der Waals surface area contributed by atoms with E-state index in [2.05, 4.69) is 27.9 Å². The Morgan fingerprint density at radius 1 is 1.25 bits per heavy atom. The van der Waals surface area contributed by atoms with Crippen LogP contribution in [-0.4, -0.2) is 16.9 Å². The summed E-state index contributed by atoms with van der Waals surface area (Å²) < 4.78 is 26.5. The molecule has 0 aliphatic carbocycles. The smallest absolute Gasteiger partial charge is 0.251 e. The van der Waals surface area contributed by atoms with Crippen molar-refractivity contribution in [2.75, 3.05) is 11.0 Å². The van der Waals surface area contributed by atoms with E-state index in [1.807, 2.05) is 0 Å². The molecule has 1 amide bonds. The Morgan fingerprint density at radius 3 is 2.62 bits per heavy atom. The van der Waals surface area contributed by atoms with E-state index in [4.69, 9.17) is 0 Å². The zero-order chi connectivity index (χ0) is 12.0. The molecule has 0 aromatic heterocycles. The molecular weight excluding hydrogens is 327 g/mol. The van der Waals surface area contributed by atoms with Crippen molar-refractivity contribution in [2.24, 2.45) is 0 Å². The van der Waals surface area contributed by atoms with Gasteiger partial charge in [0.1, 0.15) is 0 Å². The molecule has 5 heteroatoms. The van der Waals surface area contributed by atoms with Crippen LogP contribution >= 0.6 is 22.6 Å². The number of benzene rings is 1. The Hall–Kier alpha value is -0.720. The highest BCUT2D eigenvalue weighted by Crippen LogP contribution is 2.08. The maximum atomic E-state index is 12.8. The molecule has 0 saturated carbocycles. The molecule has 1 aromatic carbocycles. The summed E-state index contributed by atoms with van der Waals surface area (Å²) in [6.45, 7) is 0.556. The Kier molecular flexibility index (Phi) is 5.65. The van der Waals surface area contributed by atoms with Crippen molar-refractivity contribution in [2.45, 2.75) is 12.8 Å². The van der Waals surface area contributed by atoms with E-state index >= 15 is 0 Å². The van der Waals surface area contributed by atoms with Crippen LogP contribution in [0.15, 0.2) is 18.2 Å². The van der Waals surface area contributed by atoms with E-state index < -0.39 is 11.6 Å². The average Bonchev–Trinajstić information content (AvgIpc) is 2.28. The minimum Gasteiger partial charge on any atom is -0.352 e. The molecule has 1 rings (SSSR count). The largest absolute Gasteiger partial charge is 0.352 e. The number of unbranched alkanes of at least 4 members (excludes halogenated alkanes) is 1. The zero-order valence-electron chi connectivity index (χ0n) is 8.60. The first-order valence-corrected chi connectivity index (χ1v) is 6.47. The summed E-state index contributed by atoms with van der Waals surface area (Å²) in [6.07, 6.45) is 1.91. The lowest BCUT2D eigenvalue weighted by Crippen LogP contribution is -2.24. The lowest BCUT2D eigenvalue weighted by Gasteiger charge is -2.04. The van der Waals surface area contributed by atoms with Gasteiger partial charge in [0.15, 0.2) is 11.6 Å². The van der Waals surface area contributed by atoms with Crippen molar-refractivity contribution < 1.29 is 13.6 Å². The van der Waals surface area contributed by atoms with Crippen LogP contribution in [0.5, 0.6) is 0 Å². The van der Waals surface area contributed by atoms with E-state index in [0.717, 1.165) is 29.4 Å². The maximum absolute atomic E-state index is 12.8. The number of hydrogen-bond acceptors (Lipinski definition) is 1. The number of rotatable bonds is 5. The quantitative estimate of drug-likeness (QED) is 0.499. The number of amides is 1. The van der Waals surface area contributed by atoms with Crippen LogP contribution in [0.1, 0.15) is 23.2 Å². The molecule has 0 aliphatic heterocycles. The second kappa shape index (κ2) is 6.78. The predicted molar refractivity (Wildman–Crippen MR) is 66.8 cm³/mol. The standard InChI is InChI=1S/C11H12F2INO/c12-9-4-3-8(7-10(9)13)11(16)15-6-2-1-5-14/h3-4,7H,1-2,5-6H2,(H,15,16). The normalized spacial score (nSPS) is 10.2. The SMILES string of the molecule is O=C(NCCCCI)c1ccc(F)c(F)c1. The molecular formula is C11H12F2INO. The molecule has 0 spiro atoms. The molecule has 0 heterocycles. The van der Waals surface area contributed by atoms with Gasteiger partial charge in [-0.25, -0.2) is 8.78 Å². The first-order chi connectivity index (χ1) is 7.65. The molecule has 0 atom stereocenters. The molecule has 1 N–H and O–H groups in total. The fraction of sp³-hybridized carbons (Fsp3) is 0.364. The fourth-order valence-corrected chi connectivity index (χ4v) is 1.70. The highest BCUT2D eigenvalue weighted by molar-refractivity contribution is 14.1. The summed E-state index contributed by atoms with van der Waals surface area (Å²) in [7, 11) is 0. The van der Waals surface area contributed by atoms with Crippen molar-refractivity contribution in [3.63, 3.8) is 0 Å². The molecule has 0 bridgehead atoms. The van der Waals surface area contributed by atoms with E-state index in [0.29, 0.717) is 6.54 Å². The van der Waals surface area contributed by atoms with Crippen LogP contribution in [0.25, 0.3) is 0 Å². The number of alkyl halides is 1. The van der Waals surface area contributed by atoms with Gasteiger partial charge in [0.25, 0.3) is 5.91 Å². The highest BCUT2D eigenvalue weighted by Gasteiger charge is 2.08. The lowest BCUT2D eigenvalue weighted by molar-refractivity contribution is 0.0952. The van der Waals surface area contributed by atoms with E-state index in [1.54, 1.807) is 0 Å². The Balaban J connectivity index is 2.50. The molecule has 0 unspecified atom stereocenters. The van der Waals surface area contributed by atoms with Crippen molar-refractivity contribution in [1.82, 2.24) is 5.32 Å². The summed E-state index contributed by atoms with van der Waals surface area (Å²) >= 11 is 2.26. The molecule has 0 radical (unpaired) electrons. The summed E-state index contributed by atoms with van der Waals surface area (Å²) in [5, 5.41) is 2.65. The summed E-state index contributed by atoms with van der Waals surface area (Å²) in [6, 6.07) is 3.13. The molecule has 0 saturated heterocycles. The summed E-state index contributed by atoms with van der Waals surface area (Å²) in [5.74, 6) is -2.31. The number of hydrogen-bond donors (Lipinski definition) is 1. The third-order valence-electron chi connectivity index (χ3n) is 2.03. The molecule has 0 fully saturated rings. The maximum Gasteiger partial charge on any atom is 0.251 e. The number of nitrogens with one attached hydrogen (secondary N) is 1. The molecule has 0 aliphatic rings. The first-order valence-electron chi connectivity index (χ1n) is 4.94. The lowest BCUT2D eigenvalue weighted by atomic mass is 10.2. The van der Waals surface area contributed by atoms with Gasteiger partial charge in [0.2, 0.25) is 0 Å². The fourth-order valence-electron chi connectivity index (χ4n) is 1.16. The van der Waals surface area contributed by atoms with Crippen molar-refractivity contribution in [1.29, 1.82) is 0 Å². The zero-order valence-corrected chi connectivity index (χ0v) is 10.8. The van der Waals surface area contributed by atoms with Crippen LogP contribution < -0.4 is 5.32 Å². The van der Waals surface area contributed by atoms with Gasteiger partial charge in [-0.3, -0.25) is 4.79 Å². The second-order valence-electron chi connectivity index (χ2n) is 3.28. The van der Waals surface area contributed by atoms with Gasteiger partial charge in [-0.15, -0.1) is 0 Å². The Bertz CT molecular complexity index is 371. The first kappa shape index (κ1) is 13.3. The van der Waals surface area contributed by atoms with Crippen LogP contribution in [0.4, 0.5) is 8.78 Å². The van der Waals surface area contributed by atoms with E-state index in [1.165, 1.54) is 6.07 Å². The van der Waals surface area contributed by atoms with Crippen LogP contribution in [0.2, 0.25) is 0 Å². The van der Waals surface area contributed by atoms with Crippen LogP contribution in [0, 0.1) is 11.6 Å². The van der Waals surface area contributed by atoms with Crippen molar-refractivity contribution >= 4 is 28.5 Å². The number of carbonyl (C=O) groups is 1. The average molecular weight is 339 g/mol. The van der Waals surface area contributed by atoms with Crippen LogP contribution in [-0.2, 0) is 0 Å². The Morgan fingerprint density at radius 2 is 2.00 bits per heavy atom. The summed E-state index contributed by atoms with van der Waals surface area (Å²) in [4.78, 5) is 11.5. The monoisotopic (exact) mass is 339 g/mol. The van der Waals surface area contributed by atoms with Crippen molar-refractivity contribution in [3.8, 4) is 0 Å². The van der Waals surface area contributed by atoms with Gasteiger partial charge in [-0.05, 0) is 35.5 Å². The summed E-state index contributed by atoms with van der Waals surface area (Å²) in [5.41, 5.74) is 0.147. The van der Waals surface area contributed by atoms with E-state index in [-0.39, 0.29) is 11.5 Å². The molecule has 88 valence electrons. The minimum absolute atomic E-state index is 0.147. The third kappa shape index (κ3) is 4.03. The number of carbonyl (C=O) groups excluding carboxylic acids is 1. The molecule has 1 aromatic rings. The highest BCUT2D eigenvalue weighted by atomic mass is 127.